The van der Waals surface area contributed by atoms with Gasteiger partial charge in [-0.05, 0) is 62.0 Å². The van der Waals surface area contributed by atoms with Crippen molar-refractivity contribution in [1.29, 1.82) is 0 Å². The molecule has 2 atom stereocenters. The molecule has 9 heteroatoms. The third kappa shape index (κ3) is 3.86. The molecule has 2 aromatic heterocycles. The number of halogens is 3. The first-order chi connectivity index (χ1) is 15.2. The molecule has 4 rings (SSSR count). The Morgan fingerprint density at radius 1 is 1.12 bits per heavy atom. The van der Waals surface area contributed by atoms with Gasteiger partial charge in [-0.25, -0.2) is 0 Å². The molecule has 1 aliphatic heterocycles. The summed E-state index contributed by atoms with van der Waals surface area (Å²) in [5.74, 6) is 0. The van der Waals surface area contributed by atoms with Crippen molar-refractivity contribution in [2.75, 3.05) is 13.2 Å². The van der Waals surface area contributed by atoms with Crippen molar-refractivity contribution < 1.29 is 18.3 Å². The van der Waals surface area contributed by atoms with Gasteiger partial charge in [0.1, 0.15) is 0 Å². The zero-order chi connectivity index (χ0) is 23.0. The molecular formula is C23H23F3N4OS. The number of nitrogens with zero attached hydrogens (tertiary/aromatic N) is 3. The van der Waals surface area contributed by atoms with Crippen LogP contribution in [0.4, 0.5) is 13.2 Å². The SMILES string of the molecule is Cc1cc([C@H]2[C@@H](c3ccccn3)NC(=S)N2CCO)c(C)n1-c1ccccc1C(F)(F)F. The van der Waals surface area contributed by atoms with E-state index in [1.54, 1.807) is 23.8 Å². The molecular weight excluding hydrogens is 437 g/mol. The van der Waals surface area contributed by atoms with E-state index in [0.29, 0.717) is 23.0 Å². The highest BCUT2D eigenvalue weighted by Gasteiger charge is 2.41. The quantitative estimate of drug-likeness (QED) is 0.550. The summed E-state index contributed by atoms with van der Waals surface area (Å²) in [6, 6.07) is 12.4. The van der Waals surface area contributed by atoms with Crippen molar-refractivity contribution in [3.8, 4) is 5.69 Å². The van der Waals surface area contributed by atoms with Crippen LogP contribution < -0.4 is 5.32 Å². The fraction of sp³-hybridized carbons (Fsp3) is 0.304. The first-order valence-corrected chi connectivity index (χ1v) is 10.6. The summed E-state index contributed by atoms with van der Waals surface area (Å²) in [6.45, 7) is 3.78. The Morgan fingerprint density at radius 3 is 2.50 bits per heavy atom. The molecule has 5 nitrogen and oxygen atoms in total. The number of para-hydroxylation sites is 1. The molecule has 0 unspecified atom stereocenters. The third-order valence-electron chi connectivity index (χ3n) is 5.78. The van der Waals surface area contributed by atoms with Gasteiger partial charge in [0, 0.05) is 24.1 Å². The van der Waals surface area contributed by atoms with Gasteiger partial charge in [-0.3, -0.25) is 4.98 Å². The maximum absolute atomic E-state index is 13.7. The Balaban J connectivity index is 1.87. The van der Waals surface area contributed by atoms with E-state index in [0.717, 1.165) is 17.3 Å². The summed E-state index contributed by atoms with van der Waals surface area (Å²) in [4.78, 5) is 6.33. The summed E-state index contributed by atoms with van der Waals surface area (Å²) < 4.78 is 42.8. The lowest BCUT2D eigenvalue weighted by molar-refractivity contribution is -0.137. The largest absolute Gasteiger partial charge is 0.418 e. The van der Waals surface area contributed by atoms with E-state index in [-0.39, 0.29) is 24.4 Å². The maximum Gasteiger partial charge on any atom is 0.418 e. The molecule has 1 fully saturated rings. The zero-order valence-corrected chi connectivity index (χ0v) is 18.4. The van der Waals surface area contributed by atoms with Gasteiger partial charge >= 0.3 is 6.18 Å². The van der Waals surface area contributed by atoms with Gasteiger partial charge in [0.2, 0.25) is 0 Å². The van der Waals surface area contributed by atoms with Gasteiger partial charge in [0.05, 0.1) is 35.6 Å². The van der Waals surface area contributed by atoms with Crippen LogP contribution in [0.25, 0.3) is 5.69 Å². The molecule has 1 saturated heterocycles. The minimum atomic E-state index is -4.48. The molecule has 0 amide bonds. The number of aryl methyl sites for hydroxylation is 1. The minimum absolute atomic E-state index is 0.0814. The molecule has 1 aliphatic rings. The highest BCUT2D eigenvalue weighted by atomic mass is 32.1. The van der Waals surface area contributed by atoms with Crippen LogP contribution in [0.15, 0.2) is 54.7 Å². The molecule has 0 spiro atoms. The molecule has 0 radical (unpaired) electrons. The number of thiocarbonyl (C=S) groups is 1. The Morgan fingerprint density at radius 2 is 1.84 bits per heavy atom. The van der Waals surface area contributed by atoms with E-state index >= 15 is 0 Å². The van der Waals surface area contributed by atoms with Gasteiger partial charge in [0.15, 0.2) is 5.11 Å². The first kappa shape index (κ1) is 22.3. The van der Waals surface area contributed by atoms with Crippen LogP contribution in [-0.4, -0.2) is 37.8 Å². The summed E-state index contributed by atoms with van der Waals surface area (Å²) in [7, 11) is 0. The lowest BCUT2D eigenvalue weighted by Gasteiger charge is -2.27. The van der Waals surface area contributed by atoms with Crippen LogP contribution in [0.1, 0.15) is 40.3 Å². The van der Waals surface area contributed by atoms with Crippen LogP contribution in [0, 0.1) is 13.8 Å². The molecule has 0 saturated carbocycles. The first-order valence-electron chi connectivity index (χ1n) is 10.2. The van der Waals surface area contributed by atoms with Crippen molar-refractivity contribution in [1.82, 2.24) is 19.8 Å². The second-order valence-electron chi connectivity index (χ2n) is 7.72. The van der Waals surface area contributed by atoms with Gasteiger partial charge in [-0.2, -0.15) is 13.2 Å². The normalized spacial score (nSPS) is 18.8. The molecule has 0 bridgehead atoms. The number of aromatic nitrogens is 2. The number of pyridine rings is 1. The van der Waals surface area contributed by atoms with Crippen LogP contribution in [0.5, 0.6) is 0 Å². The number of aliphatic hydroxyl groups is 1. The van der Waals surface area contributed by atoms with Crippen molar-refractivity contribution in [2.45, 2.75) is 32.1 Å². The van der Waals surface area contributed by atoms with E-state index < -0.39 is 11.7 Å². The third-order valence-corrected chi connectivity index (χ3v) is 6.13. The van der Waals surface area contributed by atoms with Crippen molar-refractivity contribution in [3.05, 3.63) is 82.9 Å². The number of β-amino-alcohol motifs (C(OH)–C–C–N with tert-alkyl or cyclic N) is 1. The Hall–Kier alpha value is -2.91. The average molecular weight is 461 g/mol. The van der Waals surface area contributed by atoms with Crippen LogP contribution in [0.3, 0.4) is 0 Å². The molecule has 3 aromatic rings. The smallest absolute Gasteiger partial charge is 0.395 e. The maximum atomic E-state index is 13.7. The lowest BCUT2D eigenvalue weighted by Crippen LogP contribution is -2.32. The molecule has 168 valence electrons. The van der Waals surface area contributed by atoms with Gasteiger partial charge in [0.25, 0.3) is 0 Å². The second kappa shape index (κ2) is 8.55. The highest BCUT2D eigenvalue weighted by Crippen LogP contribution is 2.42. The van der Waals surface area contributed by atoms with E-state index in [2.05, 4.69) is 10.3 Å². The van der Waals surface area contributed by atoms with Crippen molar-refractivity contribution in [3.63, 3.8) is 0 Å². The average Bonchev–Trinajstić information content (AvgIpc) is 3.24. The van der Waals surface area contributed by atoms with E-state index in [1.165, 1.54) is 12.1 Å². The van der Waals surface area contributed by atoms with Crippen LogP contribution in [0.2, 0.25) is 0 Å². The van der Waals surface area contributed by atoms with Crippen LogP contribution >= 0.6 is 12.2 Å². The summed E-state index contributed by atoms with van der Waals surface area (Å²) in [6.07, 6.45) is -2.79. The lowest BCUT2D eigenvalue weighted by atomic mass is 9.97. The summed E-state index contributed by atoms with van der Waals surface area (Å²) in [5, 5.41) is 13.4. The van der Waals surface area contributed by atoms with Crippen LogP contribution in [-0.2, 0) is 6.18 Å². The number of hydrogen-bond acceptors (Lipinski definition) is 3. The molecule has 1 aromatic carbocycles. The predicted molar refractivity (Wildman–Crippen MR) is 119 cm³/mol. The number of alkyl halides is 3. The summed E-state index contributed by atoms with van der Waals surface area (Å²) >= 11 is 5.53. The van der Waals surface area contributed by atoms with E-state index in [4.69, 9.17) is 12.2 Å². The number of benzene rings is 1. The zero-order valence-electron chi connectivity index (χ0n) is 17.6. The monoisotopic (exact) mass is 460 g/mol. The predicted octanol–water partition coefficient (Wildman–Crippen LogP) is 4.47. The fourth-order valence-electron chi connectivity index (χ4n) is 4.46. The van der Waals surface area contributed by atoms with Gasteiger partial charge < -0.3 is 19.9 Å². The Bertz CT molecular complexity index is 1130. The van der Waals surface area contributed by atoms with Gasteiger partial charge in [-0.1, -0.05) is 18.2 Å². The fourth-order valence-corrected chi connectivity index (χ4v) is 4.79. The number of rotatable bonds is 5. The highest BCUT2D eigenvalue weighted by molar-refractivity contribution is 7.80. The number of hydrogen-bond donors (Lipinski definition) is 2. The van der Waals surface area contributed by atoms with E-state index in [9.17, 15) is 18.3 Å². The second-order valence-corrected chi connectivity index (χ2v) is 8.11. The molecule has 3 heterocycles. The molecule has 32 heavy (non-hydrogen) atoms. The minimum Gasteiger partial charge on any atom is -0.395 e. The van der Waals surface area contributed by atoms with Gasteiger partial charge in [-0.15, -0.1) is 0 Å². The Kier molecular flexibility index (Phi) is 5.96. The topological polar surface area (TPSA) is 53.3 Å². The number of nitrogens with one attached hydrogen (secondary N) is 1. The Labute approximate surface area is 189 Å². The van der Waals surface area contributed by atoms with Crippen molar-refractivity contribution in [2.24, 2.45) is 0 Å². The number of aliphatic hydroxyl groups excluding tert-OH is 1. The standard InChI is InChI=1S/C23H23F3N4OS/c1-14-13-16(15(2)30(14)19-9-4-3-7-17(19)23(24,25)26)21-20(18-8-5-6-10-27-18)28-22(32)29(21)11-12-31/h3-10,13,20-21,31H,11-12H2,1-2H3,(H,28,32)/t20-,21+/m1/s1. The molecule has 0 aliphatic carbocycles. The van der Waals surface area contributed by atoms with E-state index in [1.807, 2.05) is 36.1 Å². The van der Waals surface area contributed by atoms with Crippen molar-refractivity contribution >= 4 is 17.3 Å². The summed E-state index contributed by atoms with van der Waals surface area (Å²) in [5.41, 5.74) is 2.34. The molecule has 2 N–H and O–H groups in total.